The maximum atomic E-state index is 5.30. The van der Waals surface area contributed by atoms with E-state index in [1.54, 1.807) is 6.20 Å². The lowest BCUT2D eigenvalue weighted by Crippen LogP contribution is -2.02. The fourth-order valence-corrected chi connectivity index (χ4v) is 1.46. The third-order valence-corrected chi connectivity index (χ3v) is 2.21. The van der Waals surface area contributed by atoms with Gasteiger partial charge in [0.15, 0.2) is 0 Å². The van der Waals surface area contributed by atoms with Crippen molar-refractivity contribution in [1.29, 1.82) is 0 Å². The smallest absolute Gasteiger partial charge is 0.219 e. The summed E-state index contributed by atoms with van der Waals surface area (Å²) in [5.74, 6) is 0.690. The predicted octanol–water partition coefficient (Wildman–Crippen LogP) is 1.62. The van der Waals surface area contributed by atoms with Crippen molar-refractivity contribution >= 4 is 21.8 Å². The molecule has 2 rings (SSSR count). The summed E-state index contributed by atoms with van der Waals surface area (Å²) in [6.45, 7) is 1.42. The molecule has 1 aromatic heterocycles. The minimum atomic E-state index is 0.677. The standard InChI is InChI=1S/C8H7BrN2O/c9-7-6(2-1-3-10-7)8-11-4-5-12-8/h1-3H,4-5H2. The minimum absolute atomic E-state index is 0.677. The quantitative estimate of drug-likeness (QED) is 0.683. The normalized spacial score (nSPS) is 15.6. The molecular formula is C8H7BrN2O. The zero-order chi connectivity index (χ0) is 8.39. The monoisotopic (exact) mass is 226 g/mol. The van der Waals surface area contributed by atoms with Crippen LogP contribution in [-0.4, -0.2) is 24.0 Å². The van der Waals surface area contributed by atoms with Gasteiger partial charge in [-0.05, 0) is 28.1 Å². The summed E-state index contributed by atoms with van der Waals surface area (Å²) in [6.07, 6.45) is 1.73. The van der Waals surface area contributed by atoms with Gasteiger partial charge in [-0.15, -0.1) is 0 Å². The Morgan fingerprint density at radius 3 is 3.08 bits per heavy atom. The molecule has 0 fully saturated rings. The van der Waals surface area contributed by atoms with Crippen LogP contribution in [0.25, 0.3) is 0 Å². The Labute approximate surface area is 78.6 Å². The number of aliphatic imine (C=N–C) groups is 1. The van der Waals surface area contributed by atoms with Crippen LogP contribution in [0, 0.1) is 0 Å². The average molecular weight is 227 g/mol. The maximum absolute atomic E-state index is 5.30. The van der Waals surface area contributed by atoms with Gasteiger partial charge >= 0.3 is 0 Å². The Hall–Kier alpha value is -0.900. The van der Waals surface area contributed by atoms with Crippen LogP contribution in [0.2, 0.25) is 0 Å². The number of rotatable bonds is 1. The van der Waals surface area contributed by atoms with Crippen LogP contribution in [0.15, 0.2) is 27.9 Å². The molecule has 0 unspecified atom stereocenters. The lowest BCUT2D eigenvalue weighted by atomic mass is 10.3. The highest BCUT2D eigenvalue weighted by molar-refractivity contribution is 9.10. The fraction of sp³-hybridized carbons (Fsp3) is 0.250. The summed E-state index contributed by atoms with van der Waals surface area (Å²) < 4.78 is 6.08. The molecule has 0 spiro atoms. The molecule has 1 aliphatic rings. The van der Waals surface area contributed by atoms with Gasteiger partial charge in [0.05, 0.1) is 12.1 Å². The van der Waals surface area contributed by atoms with E-state index in [1.807, 2.05) is 12.1 Å². The van der Waals surface area contributed by atoms with Gasteiger partial charge in [-0.1, -0.05) is 0 Å². The van der Waals surface area contributed by atoms with Gasteiger partial charge in [0.1, 0.15) is 11.2 Å². The Balaban J connectivity index is 2.39. The molecule has 0 bridgehead atoms. The van der Waals surface area contributed by atoms with Gasteiger partial charge in [-0.3, -0.25) is 0 Å². The Morgan fingerprint density at radius 1 is 1.50 bits per heavy atom. The van der Waals surface area contributed by atoms with Gasteiger partial charge in [0.25, 0.3) is 0 Å². The molecular weight excluding hydrogens is 220 g/mol. The first-order valence-electron chi connectivity index (χ1n) is 3.66. The molecule has 62 valence electrons. The molecule has 0 saturated carbocycles. The first-order valence-corrected chi connectivity index (χ1v) is 4.45. The Bertz CT molecular complexity index is 325. The summed E-state index contributed by atoms with van der Waals surface area (Å²) in [5, 5.41) is 0. The van der Waals surface area contributed by atoms with E-state index >= 15 is 0 Å². The van der Waals surface area contributed by atoms with Crippen molar-refractivity contribution in [3.63, 3.8) is 0 Å². The maximum Gasteiger partial charge on any atom is 0.219 e. The number of aromatic nitrogens is 1. The van der Waals surface area contributed by atoms with Crippen LogP contribution in [0.3, 0.4) is 0 Å². The SMILES string of the molecule is Brc1ncccc1C1=NCCO1. The second kappa shape index (κ2) is 3.23. The van der Waals surface area contributed by atoms with Crippen LogP contribution in [0.5, 0.6) is 0 Å². The molecule has 0 aromatic carbocycles. The van der Waals surface area contributed by atoms with Crippen molar-refractivity contribution in [2.24, 2.45) is 4.99 Å². The molecule has 1 aromatic rings. The van der Waals surface area contributed by atoms with Crippen LogP contribution < -0.4 is 0 Å². The average Bonchev–Trinajstić information content (AvgIpc) is 2.57. The van der Waals surface area contributed by atoms with Gasteiger partial charge in [-0.2, -0.15) is 0 Å². The first-order chi connectivity index (χ1) is 5.88. The van der Waals surface area contributed by atoms with Gasteiger partial charge in [-0.25, -0.2) is 9.98 Å². The number of ether oxygens (including phenoxy) is 1. The topological polar surface area (TPSA) is 34.5 Å². The third-order valence-electron chi connectivity index (χ3n) is 1.57. The van der Waals surface area contributed by atoms with Crippen LogP contribution in [0.4, 0.5) is 0 Å². The molecule has 0 radical (unpaired) electrons. The number of pyridine rings is 1. The van der Waals surface area contributed by atoms with E-state index in [-0.39, 0.29) is 0 Å². The second-order valence-electron chi connectivity index (χ2n) is 2.38. The van der Waals surface area contributed by atoms with E-state index < -0.39 is 0 Å². The Morgan fingerprint density at radius 2 is 2.42 bits per heavy atom. The van der Waals surface area contributed by atoms with Crippen molar-refractivity contribution in [2.45, 2.75) is 0 Å². The zero-order valence-corrected chi connectivity index (χ0v) is 7.91. The van der Waals surface area contributed by atoms with Crippen molar-refractivity contribution in [2.75, 3.05) is 13.2 Å². The molecule has 0 atom stereocenters. The number of nitrogens with zero attached hydrogens (tertiary/aromatic N) is 2. The molecule has 0 N–H and O–H groups in total. The van der Waals surface area contributed by atoms with Crippen LogP contribution >= 0.6 is 15.9 Å². The summed E-state index contributed by atoms with van der Waals surface area (Å²) >= 11 is 3.33. The molecule has 0 saturated heterocycles. The Kier molecular flexibility index (Phi) is 2.08. The lowest BCUT2D eigenvalue weighted by Gasteiger charge is -2.01. The number of hydrogen-bond acceptors (Lipinski definition) is 3. The lowest BCUT2D eigenvalue weighted by molar-refractivity contribution is 0.348. The first kappa shape index (κ1) is 7.73. The second-order valence-corrected chi connectivity index (χ2v) is 3.13. The predicted molar refractivity (Wildman–Crippen MR) is 49.3 cm³/mol. The summed E-state index contributed by atoms with van der Waals surface area (Å²) in [5.41, 5.74) is 0.926. The van der Waals surface area contributed by atoms with E-state index in [4.69, 9.17) is 4.74 Å². The van der Waals surface area contributed by atoms with Gasteiger partial charge < -0.3 is 4.74 Å². The van der Waals surface area contributed by atoms with Crippen molar-refractivity contribution in [3.8, 4) is 0 Å². The fourth-order valence-electron chi connectivity index (χ4n) is 1.04. The van der Waals surface area contributed by atoms with Crippen molar-refractivity contribution in [3.05, 3.63) is 28.5 Å². The molecule has 1 aliphatic heterocycles. The number of halogens is 1. The molecule has 12 heavy (non-hydrogen) atoms. The largest absolute Gasteiger partial charge is 0.475 e. The number of hydrogen-bond donors (Lipinski definition) is 0. The zero-order valence-electron chi connectivity index (χ0n) is 6.33. The summed E-state index contributed by atoms with van der Waals surface area (Å²) in [6, 6.07) is 3.80. The highest BCUT2D eigenvalue weighted by Gasteiger charge is 2.12. The van der Waals surface area contributed by atoms with E-state index in [2.05, 4.69) is 25.9 Å². The minimum Gasteiger partial charge on any atom is -0.475 e. The molecule has 0 aliphatic carbocycles. The van der Waals surface area contributed by atoms with E-state index in [0.29, 0.717) is 12.5 Å². The van der Waals surface area contributed by atoms with Crippen LogP contribution in [-0.2, 0) is 4.74 Å². The molecule has 3 nitrogen and oxygen atoms in total. The van der Waals surface area contributed by atoms with E-state index in [0.717, 1.165) is 16.7 Å². The molecule has 0 amide bonds. The van der Waals surface area contributed by atoms with Gasteiger partial charge in [0.2, 0.25) is 5.90 Å². The summed E-state index contributed by atoms with van der Waals surface area (Å²) in [7, 11) is 0. The van der Waals surface area contributed by atoms with Gasteiger partial charge in [0, 0.05) is 6.20 Å². The highest BCUT2D eigenvalue weighted by atomic mass is 79.9. The molecule has 4 heteroatoms. The van der Waals surface area contributed by atoms with Crippen LogP contribution in [0.1, 0.15) is 5.56 Å². The molecule has 2 heterocycles. The van der Waals surface area contributed by atoms with E-state index in [1.165, 1.54) is 0 Å². The van der Waals surface area contributed by atoms with Crippen molar-refractivity contribution in [1.82, 2.24) is 4.98 Å². The third kappa shape index (κ3) is 1.34. The highest BCUT2D eigenvalue weighted by Crippen LogP contribution is 2.16. The van der Waals surface area contributed by atoms with E-state index in [9.17, 15) is 0 Å². The summed E-state index contributed by atoms with van der Waals surface area (Å²) in [4.78, 5) is 8.27. The van der Waals surface area contributed by atoms with Crippen molar-refractivity contribution < 1.29 is 4.74 Å².